The number of amides is 1. The first-order valence-electron chi connectivity index (χ1n) is 12.2. The van der Waals surface area contributed by atoms with Crippen LogP contribution in [0.25, 0.3) is 0 Å². The minimum absolute atomic E-state index is 0.0886. The number of hydrogen-bond acceptors (Lipinski definition) is 5. The van der Waals surface area contributed by atoms with Gasteiger partial charge in [-0.1, -0.05) is 54.1 Å². The fraction of sp³-hybridized carbons (Fsp3) is 0.310. The standard InChI is InChI=1S/C29H31ClN2O4/c1-21-29(20-23-7-3-2-4-8-23,28(34)31-16-15-22-9-5-10-25(30)19-22)32-27(36-21)24-11-13-26(14-12-24)35-18-6-17-33/h2-5,7-14,19,21,33H,6,15-18,20H2,1H3,(H,31,34)/t21-,29-/m1/s1. The molecule has 0 saturated heterocycles. The highest BCUT2D eigenvalue weighted by Crippen LogP contribution is 2.33. The molecule has 4 rings (SSSR count). The van der Waals surface area contributed by atoms with Gasteiger partial charge in [-0.3, -0.25) is 4.79 Å². The van der Waals surface area contributed by atoms with E-state index in [1.54, 1.807) is 0 Å². The molecule has 1 aliphatic heterocycles. The van der Waals surface area contributed by atoms with Crippen LogP contribution in [0.1, 0.15) is 30.0 Å². The second-order valence-corrected chi connectivity index (χ2v) is 9.29. The summed E-state index contributed by atoms with van der Waals surface area (Å²) in [5.41, 5.74) is 1.75. The Balaban J connectivity index is 1.54. The van der Waals surface area contributed by atoms with E-state index in [-0.39, 0.29) is 12.5 Å². The Kier molecular flexibility index (Phi) is 8.62. The fourth-order valence-electron chi connectivity index (χ4n) is 4.22. The zero-order valence-electron chi connectivity index (χ0n) is 20.3. The van der Waals surface area contributed by atoms with E-state index in [0.29, 0.717) is 49.1 Å². The van der Waals surface area contributed by atoms with E-state index in [2.05, 4.69) is 5.32 Å². The molecule has 2 atom stereocenters. The summed E-state index contributed by atoms with van der Waals surface area (Å²) in [5.74, 6) is 0.971. The van der Waals surface area contributed by atoms with Crippen molar-refractivity contribution in [3.63, 3.8) is 0 Å². The van der Waals surface area contributed by atoms with Gasteiger partial charge in [-0.15, -0.1) is 0 Å². The number of carbonyl (C=O) groups excluding carboxylic acids is 1. The van der Waals surface area contributed by atoms with Gasteiger partial charge in [0.25, 0.3) is 5.91 Å². The first-order valence-corrected chi connectivity index (χ1v) is 12.6. The summed E-state index contributed by atoms with van der Waals surface area (Å²) < 4.78 is 11.8. The fourth-order valence-corrected chi connectivity index (χ4v) is 4.43. The monoisotopic (exact) mass is 506 g/mol. The lowest BCUT2D eigenvalue weighted by Gasteiger charge is -2.28. The van der Waals surface area contributed by atoms with Crippen LogP contribution in [-0.4, -0.2) is 48.3 Å². The third-order valence-electron chi connectivity index (χ3n) is 6.23. The topological polar surface area (TPSA) is 80.2 Å². The summed E-state index contributed by atoms with van der Waals surface area (Å²) in [5, 5.41) is 12.7. The zero-order chi connectivity index (χ0) is 25.4. The average Bonchev–Trinajstić information content (AvgIpc) is 3.22. The number of nitrogens with zero attached hydrogens (tertiary/aromatic N) is 1. The maximum absolute atomic E-state index is 13.7. The van der Waals surface area contributed by atoms with Gasteiger partial charge < -0.3 is 19.9 Å². The molecule has 1 amide bonds. The Morgan fingerprint density at radius 2 is 1.83 bits per heavy atom. The Morgan fingerprint density at radius 1 is 1.08 bits per heavy atom. The third-order valence-corrected chi connectivity index (χ3v) is 6.47. The number of rotatable bonds is 11. The number of halogens is 1. The SMILES string of the molecule is C[C@H]1OC(c2ccc(OCCCO)cc2)=N[C@@]1(Cc1ccccc1)C(=O)NCCc1cccc(Cl)c1. The van der Waals surface area contributed by atoms with Crippen molar-refractivity contribution in [2.45, 2.75) is 37.8 Å². The van der Waals surface area contributed by atoms with E-state index in [9.17, 15) is 4.79 Å². The van der Waals surface area contributed by atoms with Crippen LogP contribution in [0.2, 0.25) is 5.02 Å². The Morgan fingerprint density at radius 3 is 2.56 bits per heavy atom. The van der Waals surface area contributed by atoms with E-state index >= 15 is 0 Å². The highest BCUT2D eigenvalue weighted by Gasteiger charge is 2.50. The Hall–Kier alpha value is -3.35. The van der Waals surface area contributed by atoms with Gasteiger partial charge in [0, 0.05) is 36.6 Å². The van der Waals surface area contributed by atoms with E-state index < -0.39 is 11.6 Å². The van der Waals surface area contributed by atoms with Gasteiger partial charge in [0.05, 0.1) is 6.61 Å². The molecule has 0 unspecified atom stereocenters. The van der Waals surface area contributed by atoms with E-state index in [0.717, 1.165) is 16.7 Å². The predicted molar refractivity (Wildman–Crippen MR) is 142 cm³/mol. The Labute approximate surface area is 216 Å². The van der Waals surface area contributed by atoms with Crippen molar-refractivity contribution < 1.29 is 19.4 Å². The number of aliphatic hydroxyl groups excluding tert-OH is 1. The van der Waals surface area contributed by atoms with Crippen LogP contribution in [0, 0.1) is 0 Å². The molecule has 7 heteroatoms. The number of aliphatic imine (C=N–C) groups is 1. The molecular formula is C29H31ClN2O4. The first kappa shape index (κ1) is 25.7. The van der Waals surface area contributed by atoms with Crippen LogP contribution in [0.5, 0.6) is 5.75 Å². The van der Waals surface area contributed by atoms with Gasteiger partial charge >= 0.3 is 0 Å². The summed E-state index contributed by atoms with van der Waals surface area (Å²) in [6.45, 7) is 2.89. The van der Waals surface area contributed by atoms with Crippen molar-refractivity contribution in [2.24, 2.45) is 4.99 Å². The molecule has 1 heterocycles. The molecule has 3 aromatic carbocycles. The van der Waals surface area contributed by atoms with Gasteiger partial charge in [-0.05, 0) is 60.9 Å². The first-order chi connectivity index (χ1) is 17.5. The Bertz CT molecular complexity index is 1180. The van der Waals surface area contributed by atoms with Crippen molar-refractivity contribution >= 4 is 23.4 Å². The van der Waals surface area contributed by atoms with Crippen molar-refractivity contribution in [3.05, 3.63) is 101 Å². The number of benzene rings is 3. The minimum Gasteiger partial charge on any atom is -0.494 e. The molecule has 36 heavy (non-hydrogen) atoms. The normalized spacial score (nSPS) is 18.9. The van der Waals surface area contributed by atoms with Crippen molar-refractivity contribution in [1.82, 2.24) is 5.32 Å². The van der Waals surface area contributed by atoms with E-state index in [1.165, 1.54) is 0 Å². The number of hydrogen-bond donors (Lipinski definition) is 2. The lowest BCUT2D eigenvalue weighted by atomic mass is 9.86. The molecular weight excluding hydrogens is 476 g/mol. The quantitative estimate of drug-likeness (QED) is 0.372. The van der Waals surface area contributed by atoms with Gasteiger partial charge in [0.15, 0.2) is 5.54 Å². The van der Waals surface area contributed by atoms with Crippen LogP contribution in [0.3, 0.4) is 0 Å². The molecule has 0 aromatic heterocycles. The van der Waals surface area contributed by atoms with Crippen LogP contribution < -0.4 is 10.1 Å². The molecule has 0 radical (unpaired) electrons. The second kappa shape index (κ2) is 12.1. The minimum atomic E-state index is -1.10. The molecule has 0 fully saturated rings. The molecule has 0 saturated carbocycles. The third kappa shape index (κ3) is 6.25. The van der Waals surface area contributed by atoms with Crippen LogP contribution >= 0.6 is 11.6 Å². The van der Waals surface area contributed by atoms with Crippen LogP contribution in [0.4, 0.5) is 0 Å². The van der Waals surface area contributed by atoms with E-state index in [4.69, 9.17) is 31.2 Å². The molecule has 188 valence electrons. The van der Waals surface area contributed by atoms with Gasteiger partial charge in [0.1, 0.15) is 11.9 Å². The summed E-state index contributed by atoms with van der Waals surface area (Å²) in [4.78, 5) is 18.6. The maximum atomic E-state index is 13.7. The number of aliphatic hydroxyl groups is 1. The summed E-state index contributed by atoms with van der Waals surface area (Å²) in [7, 11) is 0. The zero-order valence-corrected chi connectivity index (χ0v) is 21.1. The summed E-state index contributed by atoms with van der Waals surface area (Å²) in [6, 6.07) is 24.9. The number of ether oxygens (including phenoxy) is 2. The maximum Gasteiger partial charge on any atom is 0.252 e. The van der Waals surface area contributed by atoms with Gasteiger partial charge in [-0.2, -0.15) is 0 Å². The summed E-state index contributed by atoms with van der Waals surface area (Å²) >= 11 is 6.10. The van der Waals surface area contributed by atoms with Crippen LogP contribution in [0.15, 0.2) is 83.9 Å². The molecule has 2 N–H and O–H groups in total. The van der Waals surface area contributed by atoms with Crippen molar-refractivity contribution in [1.29, 1.82) is 0 Å². The van der Waals surface area contributed by atoms with Crippen LogP contribution in [-0.2, 0) is 22.4 Å². The van der Waals surface area contributed by atoms with Gasteiger partial charge in [-0.25, -0.2) is 4.99 Å². The molecule has 0 bridgehead atoms. The smallest absolute Gasteiger partial charge is 0.252 e. The molecule has 0 aliphatic carbocycles. The largest absolute Gasteiger partial charge is 0.494 e. The van der Waals surface area contributed by atoms with Crippen molar-refractivity contribution in [2.75, 3.05) is 19.8 Å². The highest BCUT2D eigenvalue weighted by atomic mass is 35.5. The van der Waals surface area contributed by atoms with E-state index in [1.807, 2.05) is 85.8 Å². The van der Waals surface area contributed by atoms with Gasteiger partial charge in [0.2, 0.25) is 5.90 Å². The second-order valence-electron chi connectivity index (χ2n) is 8.85. The summed E-state index contributed by atoms with van der Waals surface area (Å²) in [6.07, 6.45) is 1.20. The molecule has 0 spiro atoms. The number of nitrogens with one attached hydrogen (secondary N) is 1. The molecule has 6 nitrogen and oxygen atoms in total. The lowest BCUT2D eigenvalue weighted by molar-refractivity contribution is -0.128. The number of carbonyl (C=O) groups is 1. The van der Waals surface area contributed by atoms with Crippen molar-refractivity contribution in [3.8, 4) is 5.75 Å². The average molecular weight is 507 g/mol. The molecule has 1 aliphatic rings. The predicted octanol–water partition coefficient (Wildman–Crippen LogP) is 4.61. The lowest BCUT2D eigenvalue weighted by Crippen LogP contribution is -2.52. The molecule has 3 aromatic rings. The highest BCUT2D eigenvalue weighted by molar-refractivity contribution is 6.30.